The van der Waals surface area contributed by atoms with Gasteiger partial charge in [-0.25, -0.2) is 9.37 Å². The minimum absolute atomic E-state index is 0.209. The van der Waals surface area contributed by atoms with Gasteiger partial charge >= 0.3 is 0 Å². The molecule has 1 aromatic heterocycles. The fraction of sp³-hybridized carbons (Fsp3) is 0.250. The molecule has 2 aromatic carbocycles. The van der Waals surface area contributed by atoms with Gasteiger partial charge < -0.3 is 25.4 Å². The second kappa shape index (κ2) is 9.65. The predicted octanol–water partition coefficient (Wildman–Crippen LogP) is 3.56. The second-order valence-corrected chi connectivity index (χ2v) is 7.68. The third-order valence-electron chi connectivity index (χ3n) is 5.48. The molecule has 0 radical (unpaired) electrons. The van der Waals surface area contributed by atoms with E-state index in [0.717, 1.165) is 30.9 Å². The van der Waals surface area contributed by atoms with Gasteiger partial charge in [-0.3, -0.25) is 4.79 Å². The van der Waals surface area contributed by atoms with E-state index in [4.69, 9.17) is 4.74 Å². The van der Waals surface area contributed by atoms with Crippen LogP contribution in [0.25, 0.3) is 0 Å². The summed E-state index contributed by atoms with van der Waals surface area (Å²) in [5, 5.41) is 16.3. The molecule has 4 rings (SSSR count). The zero-order valence-electron chi connectivity index (χ0n) is 17.7. The number of pyridine rings is 1. The first-order chi connectivity index (χ1) is 15.5. The smallest absolute Gasteiger partial charge is 0.257 e. The van der Waals surface area contributed by atoms with Crippen LogP contribution in [0.1, 0.15) is 22.3 Å². The number of halogens is 1. The van der Waals surface area contributed by atoms with Crippen LogP contribution in [0.3, 0.4) is 0 Å². The molecule has 0 bridgehead atoms. The lowest BCUT2D eigenvalue weighted by atomic mass is 10.1. The highest BCUT2D eigenvalue weighted by atomic mass is 19.1. The predicted molar refractivity (Wildman–Crippen MR) is 121 cm³/mol. The Bertz CT molecular complexity index is 1090. The summed E-state index contributed by atoms with van der Waals surface area (Å²) in [5.41, 5.74) is 1.62. The number of benzene rings is 2. The molecule has 1 aliphatic heterocycles. The fourth-order valence-corrected chi connectivity index (χ4v) is 3.69. The molecule has 0 spiro atoms. The Hall–Kier alpha value is -3.65. The van der Waals surface area contributed by atoms with E-state index in [2.05, 4.69) is 20.5 Å². The molecule has 3 aromatic rings. The first-order valence-electron chi connectivity index (χ1n) is 10.4. The van der Waals surface area contributed by atoms with E-state index in [1.54, 1.807) is 31.4 Å². The topological polar surface area (TPSA) is 86.7 Å². The maximum atomic E-state index is 13.3. The molecule has 1 saturated heterocycles. The molecule has 0 saturated carbocycles. The maximum Gasteiger partial charge on any atom is 0.257 e. The van der Waals surface area contributed by atoms with Crippen molar-refractivity contribution in [2.24, 2.45) is 0 Å². The van der Waals surface area contributed by atoms with E-state index in [-0.39, 0.29) is 17.7 Å². The summed E-state index contributed by atoms with van der Waals surface area (Å²) in [6.07, 6.45) is 2.47. The molecule has 166 valence electrons. The number of nitrogens with one attached hydrogen (secondary N) is 2. The van der Waals surface area contributed by atoms with Crippen LogP contribution in [-0.4, -0.2) is 42.2 Å². The Morgan fingerprint density at radius 3 is 2.84 bits per heavy atom. The fourth-order valence-electron chi connectivity index (χ4n) is 3.69. The number of phenolic OH excluding ortho intramolecular Hbond substituents is 1. The van der Waals surface area contributed by atoms with Gasteiger partial charge in [0.25, 0.3) is 5.91 Å². The number of nitrogens with zero attached hydrogens (tertiary/aromatic N) is 2. The normalized spacial score (nSPS) is 15.6. The first kappa shape index (κ1) is 21.6. The Kier molecular flexibility index (Phi) is 6.51. The van der Waals surface area contributed by atoms with Gasteiger partial charge in [0.2, 0.25) is 0 Å². The van der Waals surface area contributed by atoms with Crippen molar-refractivity contribution >= 4 is 17.4 Å². The molecular weight excluding hydrogens is 411 g/mol. The lowest BCUT2D eigenvalue weighted by molar-refractivity contribution is 0.102. The molecule has 1 unspecified atom stereocenters. The van der Waals surface area contributed by atoms with Crippen molar-refractivity contribution in [3.05, 3.63) is 77.7 Å². The van der Waals surface area contributed by atoms with Gasteiger partial charge in [-0.1, -0.05) is 12.1 Å². The molecule has 7 nitrogen and oxygen atoms in total. The van der Waals surface area contributed by atoms with Crippen LogP contribution in [0, 0.1) is 5.82 Å². The number of ether oxygens (including phenoxy) is 1. The largest absolute Gasteiger partial charge is 0.507 e. The minimum atomic E-state index is -0.407. The Labute approximate surface area is 185 Å². The third-order valence-corrected chi connectivity index (χ3v) is 5.48. The molecule has 2 heterocycles. The van der Waals surface area contributed by atoms with Crippen molar-refractivity contribution in [3.8, 4) is 11.5 Å². The molecule has 1 amide bonds. The summed E-state index contributed by atoms with van der Waals surface area (Å²) < 4.78 is 18.4. The molecule has 1 atom stereocenters. The van der Waals surface area contributed by atoms with Crippen molar-refractivity contribution < 1.29 is 19.0 Å². The van der Waals surface area contributed by atoms with Crippen LogP contribution in [-0.2, 0) is 6.54 Å². The van der Waals surface area contributed by atoms with Crippen LogP contribution in [0.4, 0.5) is 15.9 Å². The first-order valence-corrected chi connectivity index (χ1v) is 10.4. The number of anilines is 2. The van der Waals surface area contributed by atoms with Crippen LogP contribution in [0.5, 0.6) is 11.5 Å². The molecule has 32 heavy (non-hydrogen) atoms. The highest BCUT2D eigenvalue weighted by molar-refractivity contribution is 6.04. The average Bonchev–Trinajstić information content (AvgIpc) is 3.27. The summed E-state index contributed by atoms with van der Waals surface area (Å²) in [6.45, 7) is 2.17. The maximum absolute atomic E-state index is 13.3. The summed E-state index contributed by atoms with van der Waals surface area (Å²) in [4.78, 5) is 19.0. The van der Waals surface area contributed by atoms with E-state index in [9.17, 15) is 14.3 Å². The van der Waals surface area contributed by atoms with Gasteiger partial charge in [-0.15, -0.1) is 0 Å². The van der Waals surface area contributed by atoms with Crippen molar-refractivity contribution in [2.75, 3.05) is 30.4 Å². The molecule has 1 aliphatic rings. The summed E-state index contributed by atoms with van der Waals surface area (Å²) in [6, 6.07) is 14.8. The van der Waals surface area contributed by atoms with Gasteiger partial charge in [0.15, 0.2) is 0 Å². The van der Waals surface area contributed by atoms with E-state index >= 15 is 0 Å². The zero-order valence-corrected chi connectivity index (χ0v) is 17.7. The summed E-state index contributed by atoms with van der Waals surface area (Å²) in [7, 11) is 1.57. The van der Waals surface area contributed by atoms with E-state index < -0.39 is 5.82 Å². The number of hydrogen-bond acceptors (Lipinski definition) is 6. The van der Waals surface area contributed by atoms with Crippen LogP contribution >= 0.6 is 0 Å². The quantitative estimate of drug-likeness (QED) is 0.525. The average molecular weight is 436 g/mol. The van der Waals surface area contributed by atoms with Crippen molar-refractivity contribution in [2.45, 2.75) is 19.0 Å². The highest BCUT2D eigenvalue weighted by Gasteiger charge is 2.23. The number of methoxy groups -OCH3 is 1. The Morgan fingerprint density at radius 1 is 1.25 bits per heavy atom. The SMILES string of the molecule is COc1ccc(CNC2CCN(c3ccc(C(=O)Nc4cccc(F)c4)cn3)C2)c(O)c1. The lowest BCUT2D eigenvalue weighted by Gasteiger charge is -2.18. The highest BCUT2D eigenvalue weighted by Crippen LogP contribution is 2.24. The van der Waals surface area contributed by atoms with Gasteiger partial charge in [-0.05, 0) is 42.8 Å². The molecule has 3 N–H and O–H groups in total. The molecule has 0 aliphatic carbocycles. The minimum Gasteiger partial charge on any atom is -0.507 e. The lowest BCUT2D eigenvalue weighted by Crippen LogP contribution is -2.32. The number of amides is 1. The number of aromatic hydroxyl groups is 1. The van der Waals surface area contributed by atoms with Gasteiger partial charge in [-0.2, -0.15) is 0 Å². The number of rotatable bonds is 7. The summed E-state index contributed by atoms with van der Waals surface area (Å²) >= 11 is 0. The van der Waals surface area contributed by atoms with Crippen molar-refractivity contribution in [3.63, 3.8) is 0 Å². The Morgan fingerprint density at radius 2 is 2.12 bits per heavy atom. The van der Waals surface area contributed by atoms with Crippen LogP contribution in [0.15, 0.2) is 60.8 Å². The molecular formula is C24H25FN4O3. The zero-order chi connectivity index (χ0) is 22.5. The van der Waals surface area contributed by atoms with Crippen molar-refractivity contribution in [1.82, 2.24) is 10.3 Å². The van der Waals surface area contributed by atoms with Gasteiger partial charge in [0, 0.05) is 49.2 Å². The monoisotopic (exact) mass is 436 g/mol. The van der Waals surface area contributed by atoms with E-state index in [0.29, 0.717) is 23.5 Å². The second-order valence-electron chi connectivity index (χ2n) is 7.68. The summed E-state index contributed by atoms with van der Waals surface area (Å²) in [5.74, 6) is 0.882. The van der Waals surface area contributed by atoms with Gasteiger partial charge in [0.1, 0.15) is 23.1 Å². The number of hydrogen-bond donors (Lipinski definition) is 3. The Balaban J connectivity index is 1.31. The van der Waals surface area contributed by atoms with Crippen molar-refractivity contribution in [1.29, 1.82) is 0 Å². The molecule has 1 fully saturated rings. The van der Waals surface area contributed by atoms with E-state index in [1.165, 1.54) is 18.3 Å². The van der Waals surface area contributed by atoms with Crippen LogP contribution < -0.4 is 20.3 Å². The number of carbonyl (C=O) groups excluding carboxylic acids is 1. The van der Waals surface area contributed by atoms with Gasteiger partial charge in [0.05, 0.1) is 12.7 Å². The number of phenols is 1. The number of aromatic nitrogens is 1. The standard InChI is InChI=1S/C24H25FN4O3/c1-32-21-7-5-16(22(30)12-21)13-26-20-9-10-29(15-20)23-8-6-17(14-27-23)24(31)28-19-4-2-3-18(25)11-19/h2-8,11-12,14,20,26,30H,9-10,13,15H2,1H3,(H,28,31). The number of carbonyl (C=O) groups is 1. The third kappa shape index (κ3) is 5.15. The van der Waals surface area contributed by atoms with Crippen LogP contribution in [0.2, 0.25) is 0 Å². The molecule has 8 heteroatoms. The van der Waals surface area contributed by atoms with E-state index in [1.807, 2.05) is 18.2 Å².